The van der Waals surface area contributed by atoms with Crippen molar-refractivity contribution in [3.05, 3.63) is 0 Å². The molecule has 5 nitrogen and oxygen atoms in total. The van der Waals surface area contributed by atoms with E-state index in [2.05, 4.69) is 0 Å². The van der Waals surface area contributed by atoms with Crippen LogP contribution in [0.2, 0.25) is 0 Å². The summed E-state index contributed by atoms with van der Waals surface area (Å²) in [5.74, 6) is -1.64. The van der Waals surface area contributed by atoms with Crippen LogP contribution in [0.4, 0.5) is 0 Å². The van der Waals surface area contributed by atoms with Gasteiger partial charge in [0.1, 0.15) is 6.04 Å². The van der Waals surface area contributed by atoms with Gasteiger partial charge in [0.25, 0.3) is 0 Å². The Morgan fingerprint density at radius 3 is 2.30 bits per heavy atom. The summed E-state index contributed by atoms with van der Waals surface area (Å²) in [7, 11) is 0. The van der Waals surface area contributed by atoms with Crippen molar-refractivity contribution in [3.8, 4) is 0 Å². The number of rotatable bonds is 4. The summed E-state index contributed by atoms with van der Waals surface area (Å²) in [6.07, 6.45) is 0.123. The molecule has 0 radical (unpaired) electrons. The second-order valence-electron chi connectivity index (χ2n) is 1.95. The van der Waals surface area contributed by atoms with E-state index in [0.29, 0.717) is 0 Å². The number of carbonyl (C=O) groups is 2. The van der Waals surface area contributed by atoms with Crippen LogP contribution in [0.25, 0.3) is 0 Å². The highest BCUT2D eigenvalue weighted by atomic mass is 16.4. The van der Waals surface area contributed by atoms with E-state index in [0.717, 1.165) is 0 Å². The van der Waals surface area contributed by atoms with Crippen LogP contribution in [0.3, 0.4) is 0 Å². The highest BCUT2D eigenvalue weighted by molar-refractivity contribution is 5.76. The second kappa shape index (κ2) is 3.84. The Hall–Kier alpha value is -1.10. The van der Waals surface area contributed by atoms with Gasteiger partial charge in [-0.1, -0.05) is 0 Å². The van der Waals surface area contributed by atoms with E-state index in [4.69, 9.17) is 16.6 Å². The normalized spacial score (nSPS) is 12.5. The minimum Gasteiger partial charge on any atom is -0.480 e. The first-order valence-electron chi connectivity index (χ1n) is 2.80. The maximum Gasteiger partial charge on any atom is 0.320 e. The second-order valence-corrected chi connectivity index (χ2v) is 1.95. The van der Waals surface area contributed by atoms with Crippen LogP contribution < -0.4 is 11.5 Å². The number of carboxylic acid groups (broad SMARTS) is 1. The van der Waals surface area contributed by atoms with Gasteiger partial charge >= 0.3 is 5.97 Å². The molecule has 0 fully saturated rings. The first-order chi connectivity index (χ1) is 4.54. The molecule has 58 valence electrons. The van der Waals surface area contributed by atoms with Gasteiger partial charge in [0.05, 0.1) is 0 Å². The standard InChI is InChI=1S/C5H10N2O3/c6-3(5(9)10)1-2-4(7)8/h3H,1-2,6H2,(H2,7,8)(H,9,10)/t3-/m0/s1/i2+1,4+1. The van der Waals surface area contributed by atoms with Crippen LogP contribution in [0.1, 0.15) is 12.8 Å². The predicted octanol–water partition coefficient (Wildman–Crippen LogP) is -1.34. The van der Waals surface area contributed by atoms with E-state index >= 15 is 0 Å². The highest BCUT2D eigenvalue weighted by Crippen LogP contribution is 1.92. The van der Waals surface area contributed by atoms with Gasteiger partial charge < -0.3 is 16.6 Å². The first kappa shape index (κ1) is 8.90. The largest absolute Gasteiger partial charge is 0.480 e. The number of hydrogen-bond donors (Lipinski definition) is 3. The van der Waals surface area contributed by atoms with Crippen LogP contribution >= 0.6 is 0 Å². The summed E-state index contributed by atoms with van der Waals surface area (Å²) in [4.78, 5) is 20.1. The predicted molar refractivity (Wildman–Crippen MR) is 34.0 cm³/mol. The summed E-state index contributed by atoms with van der Waals surface area (Å²) in [5, 5.41) is 8.22. The fourth-order valence-electron chi connectivity index (χ4n) is 0.421. The molecule has 0 saturated carbocycles. The van der Waals surface area contributed by atoms with Crippen LogP contribution in [0, 0.1) is 0 Å². The molecule has 1 amide bonds. The Balaban J connectivity index is 3.49. The molecular weight excluding hydrogens is 138 g/mol. The molecule has 0 aromatic heterocycles. The topological polar surface area (TPSA) is 106 Å². The van der Waals surface area contributed by atoms with E-state index in [1.165, 1.54) is 0 Å². The lowest BCUT2D eigenvalue weighted by molar-refractivity contribution is -0.138. The fraction of sp³-hybridized carbons (Fsp3) is 0.600. The zero-order valence-electron chi connectivity index (χ0n) is 5.41. The third kappa shape index (κ3) is 3.85. The molecule has 5 N–H and O–H groups in total. The average molecular weight is 148 g/mol. The third-order valence-corrected chi connectivity index (χ3v) is 1.02. The first-order valence-corrected chi connectivity index (χ1v) is 2.80. The summed E-state index contributed by atoms with van der Waals surface area (Å²) in [6, 6.07) is -0.979. The molecule has 0 rings (SSSR count). The minimum absolute atomic E-state index is 0.0213. The van der Waals surface area contributed by atoms with E-state index < -0.39 is 17.9 Å². The Morgan fingerprint density at radius 2 is 2.00 bits per heavy atom. The maximum atomic E-state index is 10.1. The number of carboxylic acids is 1. The summed E-state index contributed by atoms with van der Waals surface area (Å²) in [5.41, 5.74) is 9.81. The molecule has 0 spiro atoms. The van der Waals surface area contributed by atoms with Crippen molar-refractivity contribution in [3.63, 3.8) is 0 Å². The maximum absolute atomic E-state index is 10.1. The zero-order valence-corrected chi connectivity index (χ0v) is 5.41. The van der Waals surface area contributed by atoms with Crippen molar-refractivity contribution in [1.29, 1.82) is 0 Å². The lowest BCUT2D eigenvalue weighted by Gasteiger charge is -2.01. The van der Waals surface area contributed by atoms with E-state index in [1.807, 2.05) is 0 Å². The van der Waals surface area contributed by atoms with E-state index in [1.54, 1.807) is 0 Å². The van der Waals surface area contributed by atoms with Crippen molar-refractivity contribution in [2.24, 2.45) is 11.5 Å². The van der Waals surface area contributed by atoms with Crippen molar-refractivity contribution < 1.29 is 14.7 Å². The van der Waals surface area contributed by atoms with Crippen LogP contribution in [-0.4, -0.2) is 23.0 Å². The summed E-state index contributed by atoms with van der Waals surface area (Å²) < 4.78 is 0. The van der Waals surface area contributed by atoms with Crippen molar-refractivity contribution in [2.75, 3.05) is 0 Å². The molecule has 0 bridgehead atoms. The zero-order chi connectivity index (χ0) is 8.15. The molecule has 0 aliphatic rings. The van der Waals surface area contributed by atoms with Gasteiger partial charge in [0.2, 0.25) is 5.91 Å². The molecule has 10 heavy (non-hydrogen) atoms. The van der Waals surface area contributed by atoms with Gasteiger partial charge in [-0.25, -0.2) is 0 Å². The molecule has 0 aromatic carbocycles. The van der Waals surface area contributed by atoms with Gasteiger partial charge in [0.15, 0.2) is 0 Å². The molecule has 5 heteroatoms. The van der Waals surface area contributed by atoms with Crippen molar-refractivity contribution in [1.82, 2.24) is 0 Å². The summed E-state index contributed by atoms with van der Waals surface area (Å²) >= 11 is 0. The Bertz CT molecular complexity index is 146. The quantitative estimate of drug-likeness (QED) is 0.429. The molecular formula is C5H10N2O3. The number of aliphatic carboxylic acids is 1. The minimum atomic E-state index is -1.11. The highest BCUT2D eigenvalue weighted by Gasteiger charge is 2.11. The lowest BCUT2D eigenvalue weighted by Crippen LogP contribution is -2.31. The molecule has 0 aromatic rings. The monoisotopic (exact) mass is 148 g/mol. The lowest BCUT2D eigenvalue weighted by atomic mass is 10.3. The molecule has 0 aliphatic heterocycles. The Kier molecular flexibility index (Phi) is 3.42. The van der Waals surface area contributed by atoms with Crippen LogP contribution in [0.5, 0.6) is 0 Å². The van der Waals surface area contributed by atoms with Gasteiger partial charge in [-0.15, -0.1) is 0 Å². The molecule has 1 atom stereocenters. The van der Waals surface area contributed by atoms with Crippen molar-refractivity contribution >= 4 is 11.9 Å². The van der Waals surface area contributed by atoms with Gasteiger partial charge in [0, 0.05) is 6.42 Å². The van der Waals surface area contributed by atoms with Crippen molar-refractivity contribution in [2.45, 2.75) is 18.9 Å². The smallest absolute Gasteiger partial charge is 0.320 e. The van der Waals surface area contributed by atoms with E-state index in [9.17, 15) is 9.59 Å². The van der Waals surface area contributed by atoms with Gasteiger partial charge in [-0.05, 0) is 6.42 Å². The van der Waals surface area contributed by atoms with Crippen LogP contribution in [0.15, 0.2) is 0 Å². The van der Waals surface area contributed by atoms with E-state index in [-0.39, 0.29) is 12.8 Å². The average Bonchev–Trinajstić information content (AvgIpc) is 1.82. The SMILES string of the molecule is N[C@@H](C[13CH2][13C](N)=O)C(=O)O. The molecule has 0 heterocycles. The number of hydrogen-bond acceptors (Lipinski definition) is 3. The van der Waals surface area contributed by atoms with Gasteiger partial charge in [-0.3, -0.25) is 9.59 Å². The molecule has 0 unspecified atom stereocenters. The summed E-state index contributed by atoms with van der Waals surface area (Å²) in [6.45, 7) is 0. The van der Waals surface area contributed by atoms with Crippen LogP contribution in [-0.2, 0) is 9.59 Å². The number of primary amides is 1. The number of nitrogens with two attached hydrogens (primary N) is 2. The van der Waals surface area contributed by atoms with Gasteiger partial charge in [-0.2, -0.15) is 0 Å². The Morgan fingerprint density at radius 1 is 1.50 bits per heavy atom. The molecule has 0 aliphatic carbocycles. The number of carbonyl (C=O) groups excluding carboxylic acids is 1. The third-order valence-electron chi connectivity index (χ3n) is 1.02. The Labute approximate surface area is 58.0 Å². The molecule has 0 saturated heterocycles. The fourth-order valence-corrected chi connectivity index (χ4v) is 0.421. The number of amides is 1.